The average molecular weight is 333 g/mol. The van der Waals surface area contributed by atoms with Crippen LogP contribution in [0.25, 0.3) is 0 Å². The second-order valence-corrected chi connectivity index (χ2v) is 6.45. The molecule has 5 nitrogen and oxygen atoms in total. The number of hydrogen-bond donors (Lipinski definition) is 2. The summed E-state index contributed by atoms with van der Waals surface area (Å²) in [5, 5.41) is 6.70. The average Bonchev–Trinajstić information content (AvgIpc) is 3.03. The monoisotopic (exact) mass is 333 g/mol. The van der Waals surface area contributed by atoms with Gasteiger partial charge in [0.1, 0.15) is 5.75 Å². The van der Waals surface area contributed by atoms with E-state index in [0.717, 1.165) is 62.8 Å². The molecule has 2 rings (SSSR count). The third-order valence-corrected chi connectivity index (χ3v) is 4.07. The third-order valence-electron chi connectivity index (χ3n) is 4.07. The summed E-state index contributed by atoms with van der Waals surface area (Å²) in [6, 6.07) is 8.14. The van der Waals surface area contributed by atoms with Gasteiger partial charge in [0, 0.05) is 19.7 Å². The van der Waals surface area contributed by atoms with Gasteiger partial charge in [0.25, 0.3) is 0 Å². The van der Waals surface area contributed by atoms with E-state index in [4.69, 9.17) is 9.47 Å². The van der Waals surface area contributed by atoms with E-state index in [1.54, 1.807) is 0 Å². The van der Waals surface area contributed by atoms with Crippen LogP contribution in [0.15, 0.2) is 29.3 Å². The van der Waals surface area contributed by atoms with Crippen LogP contribution in [-0.4, -0.2) is 37.9 Å². The summed E-state index contributed by atoms with van der Waals surface area (Å²) < 4.78 is 11.5. The molecule has 1 aromatic rings. The SMILES string of the molecule is CCCOc1cccc(CN=C(NCC)NCC2(C)CCCO2)c1. The van der Waals surface area contributed by atoms with Gasteiger partial charge in [-0.15, -0.1) is 0 Å². The predicted molar refractivity (Wildman–Crippen MR) is 98.6 cm³/mol. The van der Waals surface area contributed by atoms with Crippen LogP contribution < -0.4 is 15.4 Å². The molecule has 0 aliphatic carbocycles. The lowest BCUT2D eigenvalue weighted by Gasteiger charge is -2.24. The molecule has 134 valence electrons. The molecule has 1 aliphatic heterocycles. The van der Waals surface area contributed by atoms with Crippen LogP contribution in [0, 0.1) is 0 Å². The maximum Gasteiger partial charge on any atom is 0.191 e. The van der Waals surface area contributed by atoms with Crippen LogP contribution in [0.1, 0.15) is 45.6 Å². The van der Waals surface area contributed by atoms with Crippen molar-refractivity contribution in [2.24, 2.45) is 4.99 Å². The minimum atomic E-state index is -0.0793. The largest absolute Gasteiger partial charge is 0.494 e. The Bertz CT molecular complexity index is 525. The zero-order valence-corrected chi connectivity index (χ0v) is 15.2. The lowest BCUT2D eigenvalue weighted by Crippen LogP contribution is -2.45. The molecule has 0 amide bonds. The van der Waals surface area contributed by atoms with Gasteiger partial charge in [0.2, 0.25) is 0 Å². The van der Waals surface area contributed by atoms with Crippen molar-refractivity contribution < 1.29 is 9.47 Å². The summed E-state index contributed by atoms with van der Waals surface area (Å²) in [5.74, 6) is 1.74. The third kappa shape index (κ3) is 6.04. The van der Waals surface area contributed by atoms with Crippen molar-refractivity contribution >= 4 is 5.96 Å². The Morgan fingerprint density at radius 1 is 1.33 bits per heavy atom. The second-order valence-electron chi connectivity index (χ2n) is 6.45. The van der Waals surface area contributed by atoms with E-state index < -0.39 is 0 Å². The molecule has 0 bridgehead atoms. The number of aliphatic imine (C=N–C) groups is 1. The molecule has 1 aromatic carbocycles. The van der Waals surface area contributed by atoms with Gasteiger partial charge in [-0.1, -0.05) is 19.1 Å². The maximum absolute atomic E-state index is 5.82. The summed E-state index contributed by atoms with van der Waals surface area (Å²) in [6.45, 7) is 10.2. The van der Waals surface area contributed by atoms with Crippen molar-refractivity contribution in [1.29, 1.82) is 0 Å². The van der Waals surface area contributed by atoms with E-state index in [9.17, 15) is 0 Å². The summed E-state index contributed by atoms with van der Waals surface area (Å²) in [7, 11) is 0. The van der Waals surface area contributed by atoms with Crippen molar-refractivity contribution in [2.75, 3.05) is 26.3 Å². The minimum Gasteiger partial charge on any atom is -0.494 e. The van der Waals surface area contributed by atoms with Crippen LogP contribution in [0.3, 0.4) is 0 Å². The highest BCUT2D eigenvalue weighted by atomic mass is 16.5. The molecule has 0 saturated carbocycles. The predicted octanol–water partition coefficient (Wildman–Crippen LogP) is 3.10. The molecule has 1 saturated heterocycles. The number of ether oxygens (including phenoxy) is 2. The second kappa shape index (κ2) is 9.52. The Balaban J connectivity index is 1.92. The van der Waals surface area contributed by atoms with E-state index in [1.807, 2.05) is 12.1 Å². The normalized spacial score (nSPS) is 20.9. The van der Waals surface area contributed by atoms with E-state index in [0.29, 0.717) is 6.54 Å². The van der Waals surface area contributed by atoms with E-state index in [1.165, 1.54) is 0 Å². The molecule has 1 heterocycles. The van der Waals surface area contributed by atoms with Gasteiger partial charge < -0.3 is 20.1 Å². The van der Waals surface area contributed by atoms with Gasteiger partial charge in [0.05, 0.1) is 18.8 Å². The fourth-order valence-electron chi connectivity index (χ4n) is 2.71. The Labute approximate surface area is 145 Å². The number of hydrogen-bond acceptors (Lipinski definition) is 3. The first kappa shape index (κ1) is 18.6. The van der Waals surface area contributed by atoms with Crippen molar-refractivity contribution in [1.82, 2.24) is 10.6 Å². The van der Waals surface area contributed by atoms with Crippen LogP contribution in [0.5, 0.6) is 5.75 Å². The van der Waals surface area contributed by atoms with Crippen molar-refractivity contribution in [2.45, 2.75) is 52.2 Å². The van der Waals surface area contributed by atoms with Crippen LogP contribution >= 0.6 is 0 Å². The van der Waals surface area contributed by atoms with E-state index in [-0.39, 0.29) is 5.60 Å². The summed E-state index contributed by atoms with van der Waals surface area (Å²) >= 11 is 0. The van der Waals surface area contributed by atoms with Crippen LogP contribution in [-0.2, 0) is 11.3 Å². The van der Waals surface area contributed by atoms with Gasteiger partial charge >= 0.3 is 0 Å². The Morgan fingerprint density at radius 3 is 2.92 bits per heavy atom. The van der Waals surface area contributed by atoms with Crippen LogP contribution in [0.4, 0.5) is 0 Å². The lowest BCUT2D eigenvalue weighted by molar-refractivity contribution is 0.0243. The Morgan fingerprint density at radius 2 is 2.21 bits per heavy atom. The number of guanidine groups is 1. The molecule has 1 atom stereocenters. The quantitative estimate of drug-likeness (QED) is 0.567. The number of rotatable bonds is 8. The number of nitrogens with zero attached hydrogens (tertiary/aromatic N) is 1. The Hall–Kier alpha value is -1.75. The van der Waals surface area contributed by atoms with Gasteiger partial charge in [-0.3, -0.25) is 0 Å². The smallest absolute Gasteiger partial charge is 0.191 e. The molecule has 0 aromatic heterocycles. The molecule has 5 heteroatoms. The molecule has 0 spiro atoms. The first-order valence-electron chi connectivity index (χ1n) is 9.03. The molecule has 1 unspecified atom stereocenters. The fourth-order valence-corrected chi connectivity index (χ4v) is 2.71. The van der Waals surface area contributed by atoms with E-state index >= 15 is 0 Å². The Kier molecular flexibility index (Phi) is 7.37. The summed E-state index contributed by atoms with van der Waals surface area (Å²) in [5.41, 5.74) is 1.06. The highest BCUT2D eigenvalue weighted by Crippen LogP contribution is 2.23. The first-order chi connectivity index (χ1) is 11.6. The van der Waals surface area contributed by atoms with Crippen molar-refractivity contribution in [3.05, 3.63) is 29.8 Å². The maximum atomic E-state index is 5.82. The highest BCUT2D eigenvalue weighted by Gasteiger charge is 2.29. The number of nitrogens with one attached hydrogen (secondary N) is 2. The highest BCUT2D eigenvalue weighted by molar-refractivity contribution is 5.79. The molecule has 2 N–H and O–H groups in total. The zero-order valence-electron chi connectivity index (χ0n) is 15.2. The minimum absolute atomic E-state index is 0.0793. The number of benzene rings is 1. The van der Waals surface area contributed by atoms with Gasteiger partial charge in [-0.05, 0) is 50.8 Å². The molecule has 1 aliphatic rings. The topological polar surface area (TPSA) is 54.9 Å². The molecular formula is C19H31N3O2. The molecule has 0 radical (unpaired) electrons. The molecular weight excluding hydrogens is 302 g/mol. The fraction of sp³-hybridized carbons (Fsp3) is 0.632. The van der Waals surface area contributed by atoms with Crippen molar-refractivity contribution in [3.63, 3.8) is 0 Å². The standard InChI is InChI=1S/C19H31N3O2/c1-4-11-23-17-9-6-8-16(13-17)14-21-18(20-5-2)22-15-19(3)10-7-12-24-19/h6,8-9,13H,4-5,7,10-12,14-15H2,1-3H3,(H2,20,21,22). The summed E-state index contributed by atoms with van der Waals surface area (Å²) in [6.07, 6.45) is 3.24. The molecule has 24 heavy (non-hydrogen) atoms. The first-order valence-corrected chi connectivity index (χ1v) is 9.03. The van der Waals surface area contributed by atoms with Gasteiger partial charge in [-0.25, -0.2) is 4.99 Å². The van der Waals surface area contributed by atoms with Gasteiger partial charge in [0.15, 0.2) is 5.96 Å². The van der Waals surface area contributed by atoms with Crippen LogP contribution in [0.2, 0.25) is 0 Å². The van der Waals surface area contributed by atoms with Crippen molar-refractivity contribution in [3.8, 4) is 5.75 Å². The zero-order chi connectivity index (χ0) is 17.3. The molecule has 1 fully saturated rings. The lowest BCUT2D eigenvalue weighted by atomic mass is 10.0. The van der Waals surface area contributed by atoms with E-state index in [2.05, 4.69) is 48.5 Å². The van der Waals surface area contributed by atoms with Gasteiger partial charge in [-0.2, -0.15) is 0 Å². The summed E-state index contributed by atoms with van der Waals surface area (Å²) in [4.78, 5) is 4.68.